The molecule has 212 valence electrons. The summed E-state index contributed by atoms with van der Waals surface area (Å²) < 4.78 is 39.9. The van der Waals surface area contributed by atoms with E-state index in [1.807, 2.05) is 62.4 Å². The number of anilines is 3. The second kappa shape index (κ2) is 13.7. The maximum Gasteiger partial charge on any atom is 0.387 e. The van der Waals surface area contributed by atoms with E-state index in [4.69, 9.17) is 9.47 Å². The molecule has 2 aromatic carbocycles. The molecule has 0 spiro atoms. The molecule has 1 saturated carbocycles. The summed E-state index contributed by atoms with van der Waals surface area (Å²) in [4.78, 5) is 19.8. The van der Waals surface area contributed by atoms with Crippen LogP contribution >= 0.6 is 0 Å². The number of nitrogens with zero attached hydrogens (tertiary/aromatic N) is 3. The molecule has 40 heavy (non-hydrogen) atoms. The number of aromatic nitrogens is 4. The molecule has 3 heterocycles. The average Bonchev–Trinajstić information content (AvgIpc) is 3.72. The number of benzene rings is 2. The molecule has 0 atom stereocenters. The summed E-state index contributed by atoms with van der Waals surface area (Å²) in [5.41, 5.74) is 1.65. The van der Waals surface area contributed by atoms with Gasteiger partial charge in [-0.1, -0.05) is 26.0 Å². The highest BCUT2D eigenvalue weighted by atomic mass is 19.3. The number of rotatable bonds is 8. The number of para-hydroxylation sites is 1. The van der Waals surface area contributed by atoms with Crippen LogP contribution in [0.4, 0.5) is 26.1 Å². The van der Waals surface area contributed by atoms with Crippen molar-refractivity contribution >= 4 is 34.1 Å². The first-order valence-corrected chi connectivity index (χ1v) is 13.0. The first-order valence-electron chi connectivity index (χ1n) is 13.0. The van der Waals surface area contributed by atoms with Crippen molar-refractivity contribution in [2.24, 2.45) is 5.92 Å². The third-order valence-corrected chi connectivity index (χ3v) is 6.01. The summed E-state index contributed by atoms with van der Waals surface area (Å²) in [5.74, 6) is 2.23. The summed E-state index contributed by atoms with van der Waals surface area (Å²) in [6.07, 6.45) is 3.30. The summed E-state index contributed by atoms with van der Waals surface area (Å²) in [5, 5.41) is 13.6. The topological polar surface area (TPSA) is 123 Å². The number of aromatic amines is 1. The number of amides is 1. The highest BCUT2D eigenvalue weighted by Gasteiger charge is 2.29. The highest BCUT2D eigenvalue weighted by molar-refractivity contribution is 5.94. The van der Waals surface area contributed by atoms with Crippen LogP contribution in [0.15, 0.2) is 54.7 Å². The Balaban J connectivity index is 0.000000197. The van der Waals surface area contributed by atoms with E-state index in [0.29, 0.717) is 24.9 Å². The minimum atomic E-state index is -2.97. The van der Waals surface area contributed by atoms with Gasteiger partial charge in [0, 0.05) is 17.0 Å². The predicted molar refractivity (Wildman–Crippen MR) is 147 cm³/mol. The van der Waals surface area contributed by atoms with Crippen molar-refractivity contribution < 1.29 is 27.8 Å². The lowest BCUT2D eigenvalue weighted by Crippen LogP contribution is -2.27. The number of carbonyl (C=O) groups excluding carboxylic acids is 1. The van der Waals surface area contributed by atoms with Gasteiger partial charge in [0.2, 0.25) is 5.91 Å². The van der Waals surface area contributed by atoms with Gasteiger partial charge < -0.3 is 24.8 Å². The number of methoxy groups -OCH3 is 1. The maximum atomic E-state index is 12.6. The Morgan fingerprint density at radius 2 is 1.80 bits per heavy atom. The molecular weight excluding hydrogens is 522 g/mol. The summed E-state index contributed by atoms with van der Waals surface area (Å²) >= 11 is 0. The molecule has 0 bridgehead atoms. The van der Waals surface area contributed by atoms with Gasteiger partial charge in [-0.25, -0.2) is 9.97 Å². The first kappa shape index (κ1) is 28.7. The van der Waals surface area contributed by atoms with Crippen molar-refractivity contribution in [2.75, 3.05) is 31.0 Å². The quantitative estimate of drug-likeness (QED) is 0.247. The number of H-pyrrole nitrogens is 1. The zero-order chi connectivity index (χ0) is 28.5. The zero-order valence-corrected chi connectivity index (χ0v) is 22.5. The standard InChI is InChI=1S/C15H13F2N5O2.C11H13NO2.C2H6/c16-15(17)24-11-5-18-12(8-6-23-7-8)19-14(11)20-13-9-3-1-2-4-10(9)21-22-13;1-14-10-6-4-9(5-7-10)12-11(13)8-2-3-8;1-2/h1-5,8,15H,6-7H2,(H2,18,19,20,21,22);4-8H,2-3H2,1H3,(H,12,13);1-2H3. The van der Waals surface area contributed by atoms with Gasteiger partial charge in [0.15, 0.2) is 17.4 Å². The summed E-state index contributed by atoms with van der Waals surface area (Å²) in [7, 11) is 1.62. The number of ether oxygens (including phenoxy) is 3. The molecular formula is C28H32F2N6O4. The van der Waals surface area contributed by atoms with E-state index in [1.165, 1.54) is 6.20 Å². The number of hydrogen-bond donors (Lipinski definition) is 3. The Bertz CT molecular complexity index is 1390. The largest absolute Gasteiger partial charge is 0.497 e. The Labute approximate surface area is 230 Å². The third kappa shape index (κ3) is 7.41. The lowest BCUT2D eigenvalue weighted by molar-refractivity contribution is -0.117. The van der Waals surface area contributed by atoms with Crippen LogP contribution in [0.3, 0.4) is 0 Å². The number of fused-ring (bicyclic) bond motifs is 1. The molecule has 2 aliphatic rings. The van der Waals surface area contributed by atoms with Gasteiger partial charge in [-0.3, -0.25) is 9.89 Å². The average molecular weight is 555 g/mol. The van der Waals surface area contributed by atoms with Crippen LogP contribution in [0.1, 0.15) is 38.4 Å². The molecule has 1 amide bonds. The fourth-order valence-corrected chi connectivity index (χ4v) is 3.67. The van der Waals surface area contributed by atoms with E-state index in [-0.39, 0.29) is 29.3 Å². The monoisotopic (exact) mass is 554 g/mol. The van der Waals surface area contributed by atoms with Gasteiger partial charge >= 0.3 is 6.61 Å². The van der Waals surface area contributed by atoms with E-state index in [1.54, 1.807) is 7.11 Å². The van der Waals surface area contributed by atoms with Crippen LogP contribution in [0.2, 0.25) is 0 Å². The van der Waals surface area contributed by atoms with Gasteiger partial charge in [-0.2, -0.15) is 13.9 Å². The van der Waals surface area contributed by atoms with Crippen molar-refractivity contribution in [3.63, 3.8) is 0 Å². The van der Waals surface area contributed by atoms with Crippen LogP contribution in [0, 0.1) is 5.92 Å². The molecule has 0 radical (unpaired) electrons. The number of nitrogens with one attached hydrogen (secondary N) is 3. The van der Waals surface area contributed by atoms with Gasteiger partial charge in [-0.05, 0) is 49.2 Å². The minimum Gasteiger partial charge on any atom is -0.497 e. The Kier molecular flexibility index (Phi) is 9.79. The molecule has 10 nitrogen and oxygen atoms in total. The molecule has 1 saturated heterocycles. The van der Waals surface area contributed by atoms with Gasteiger partial charge in [0.05, 0.1) is 38.0 Å². The zero-order valence-electron chi connectivity index (χ0n) is 22.5. The Hall–Kier alpha value is -4.32. The second-order valence-corrected chi connectivity index (χ2v) is 8.79. The van der Waals surface area contributed by atoms with E-state index in [9.17, 15) is 13.6 Å². The molecule has 4 aromatic rings. The lowest BCUT2D eigenvalue weighted by atomic mass is 10.1. The van der Waals surface area contributed by atoms with E-state index in [0.717, 1.165) is 35.2 Å². The van der Waals surface area contributed by atoms with Gasteiger partial charge in [0.25, 0.3) is 0 Å². The molecule has 12 heteroatoms. The SMILES string of the molecule is CC.COc1ccc(NC(=O)C2CC2)cc1.FC(F)Oc1cnc(C2COC2)nc1Nc1n[nH]c2ccccc12. The number of halogens is 2. The molecule has 2 fully saturated rings. The van der Waals surface area contributed by atoms with E-state index < -0.39 is 6.61 Å². The molecule has 2 aromatic heterocycles. The first-order chi connectivity index (χ1) is 19.5. The summed E-state index contributed by atoms with van der Waals surface area (Å²) in [6.45, 7) is 2.06. The molecule has 6 rings (SSSR count). The van der Waals surface area contributed by atoms with Crippen LogP contribution in [0.25, 0.3) is 10.9 Å². The maximum absolute atomic E-state index is 12.6. The van der Waals surface area contributed by atoms with E-state index >= 15 is 0 Å². The molecule has 3 N–H and O–H groups in total. The van der Waals surface area contributed by atoms with Gasteiger partial charge in [-0.15, -0.1) is 0 Å². The van der Waals surface area contributed by atoms with Crippen molar-refractivity contribution in [2.45, 2.75) is 39.2 Å². The molecule has 1 aliphatic heterocycles. The second-order valence-electron chi connectivity index (χ2n) is 8.79. The number of hydrogen-bond acceptors (Lipinski definition) is 8. The summed E-state index contributed by atoms with van der Waals surface area (Å²) in [6, 6.07) is 14.8. The Morgan fingerprint density at radius 3 is 2.42 bits per heavy atom. The van der Waals surface area contributed by atoms with Crippen molar-refractivity contribution in [3.05, 3.63) is 60.6 Å². The molecule has 0 unspecified atom stereocenters. The predicted octanol–water partition coefficient (Wildman–Crippen LogP) is 5.88. The van der Waals surface area contributed by atoms with E-state index in [2.05, 4.69) is 35.5 Å². The number of carbonyl (C=O) groups is 1. The lowest BCUT2D eigenvalue weighted by Gasteiger charge is -2.25. The number of alkyl halides is 2. The van der Waals surface area contributed by atoms with Crippen LogP contribution in [0.5, 0.6) is 11.5 Å². The molecule has 1 aliphatic carbocycles. The third-order valence-electron chi connectivity index (χ3n) is 6.01. The van der Waals surface area contributed by atoms with Gasteiger partial charge in [0.1, 0.15) is 11.6 Å². The van der Waals surface area contributed by atoms with Crippen LogP contribution in [-0.4, -0.2) is 53.0 Å². The smallest absolute Gasteiger partial charge is 0.387 e. The fourth-order valence-electron chi connectivity index (χ4n) is 3.67. The fraction of sp³-hybridized carbons (Fsp3) is 0.357. The van der Waals surface area contributed by atoms with Crippen molar-refractivity contribution in [3.8, 4) is 11.5 Å². The highest BCUT2D eigenvalue weighted by Crippen LogP contribution is 2.32. The Morgan fingerprint density at radius 1 is 1.07 bits per heavy atom. The van der Waals surface area contributed by atoms with Crippen LogP contribution in [-0.2, 0) is 9.53 Å². The minimum absolute atomic E-state index is 0.0575. The van der Waals surface area contributed by atoms with Crippen LogP contribution < -0.4 is 20.1 Å². The van der Waals surface area contributed by atoms with Crippen molar-refractivity contribution in [1.82, 2.24) is 20.2 Å². The van der Waals surface area contributed by atoms with Crippen molar-refractivity contribution in [1.29, 1.82) is 0 Å². The normalized spacial score (nSPS) is 14.2.